The summed E-state index contributed by atoms with van der Waals surface area (Å²) in [4.78, 5) is 37.2. The molecule has 0 spiro atoms. The number of H-pyrrole nitrogens is 3. The first-order valence-electron chi connectivity index (χ1n) is 16.7. The van der Waals surface area contributed by atoms with Gasteiger partial charge in [0.25, 0.3) is 0 Å². The Morgan fingerprint density at radius 1 is 0.617 bits per heavy atom. The number of benzene rings is 2. The maximum absolute atomic E-state index is 13.2. The minimum Gasteiger partial charge on any atom is -0.455 e. The van der Waals surface area contributed by atoms with Crippen molar-refractivity contribution in [2.24, 2.45) is 0 Å². The molecular formula is C40H47N3O4. The van der Waals surface area contributed by atoms with Gasteiger partial charge in [-0.05, 0) is 112 Å². The van der Waals surface area contributed by atoms with E-state index in [2.05, 4.69) is 65.2 Å². The minimum absolute atomic E-state index is 0.333. The van der Waals surface area contributed by atoms with E-state index in [0.29, 0.717) is 24.2 Å². The summed E-state index contributed by atoms with van der Waals surface area (Å²) in [7, 11) is 0. The molecule has 1 aliphatic carbocycles. The Balaban J connectivity index is 1.48. The summed E-state index contributed by atoms with van der Waals surface area (Å²) in [5.74, 6) is -0.666. The van der Waals surface area contributed by atoms with Crippen molar-refractivity contribution in [1.82, 2.24) is 15.0 Å². The van der Waals surface area contributed by atoms with Crippen LogP contribution in [0.25, 0.3) is 33.0 Å². The van der Waals surface area contributed by atoms with Gasteiger partial charge in [0.05, 0.1) is 0 Å². The average Bonchev–Trinajstić information content (AvgIpc) is 3.69. The molecule has 0 bridgehead atoms. The minimum atomic E-state index is -0.586. The molecule has 3 heterocycles. The highest BCUT2D eigenvalue weighted by molar-refractivity contribution is 6.16. The Labute approximate surface area is 277 Å². The van der Waals surface area contributed by atoms with E-state index in [-0.39, 0.29) is 11.9 Å². The molecule has 0 fully saturated rings. The SMILES string of the molecule is CCc1c(Cc2[nH]c(Cc3[nH]c(C(=O)OC(C)(C)C)c(C)c3CC)c3c2-c2cccc4cccc-3c24)[nH]c(C(=O)OC(C)(C)C)c1C. The third-order valence-electron chi connectivity index (χ3n) is 9.15. The Bertz CT molecular complexity index is 1900. The number of hydrogen-bond donors (Lipinski definition) is 3. The van der Waals surface area contributed by atoms with E-state index >= 15 is 0 Å². The molecule has 2 aromatic carbocycles. The maximum Gasteiger partial charge on any atom is 0.355 e. The van der Waals surface area contributed by atoms with Crippen molar-refractivity contribution in [3.63, 3.8) is 0 Å². The van der Waals surface area contributed by atoms with Gasteiger partial charge in [-0.3, -0.25) is 0 Å². The summed E-state index contributed by atoms with van der Waals surface area (Å²) in [6.07, 6.45) is 2.79. The molecule has 47 heavy (non-hydrogen) atoms. The molecule has 0 radical (unpaired) electrons. The lowest BCUT2D eigenvalue weighted by Gasteiger charge is -2.19. The molecule has 246 valence electrons. The quantitative estimate of drug-likeness (QED) is 0.145. The van der Waals surface area contributed by atoms with Crippen molar-refractivity contribution in [3.05, 3.63) is 92.8 Å². The van der Waals surface area contributed by atoms with Crippen molar-refractivity contribution in [3.8, 4) is 22.3 Å². The first kappa shape index (κ1) is 32.4. The lowest BCUT2D eigenvalue weighted by Crippen LogP contribution is -2.24. The molecule has 3 aromatic heterocycles. The fourth-order valence-corrected chi connectivity index (χ4v) is 7.30. The van der Waals surface area contributed by atoms with Crippen LogP contribution in [0.2, 0.25) is 0 Å². The molecule has 0 saturated carbocycles. The molecule has 5 aromatic rings. The van der Waals surface area contributed by atoms with Crippen LogP contribution in [-0.4, -0.2) is 38.1 Å². The zero-order chi connectivity index (χ0) is 34.0. The number of esters is 2. The van der Waals surface area contributed by atoms with E-state index in [0.717, 1.165) is 57.9 Å². The molecule has 0 unspecified atom stereocenters. The van der Waals surface area contributed by atoms with E-state index in [1.54, 1.807) is 0 Å². The van der Waals surface area contributed by atoms with Crippen LogP contribution in [0, 0.1) is 13.8 Å². The average molecular weight is 634 g/mol. The largest absolute Gasteiger partial charge is 0.455 e. The van der Waals surface area contributed by atoms with Crippen LogP contribution in [0.15, 0.2) is 36.4 Å². The Morgan fingerprint density at radius 3 is 1.38 bits per heavy atom. The molecule has 7 nitrogen and oxygen atoms in total. The van der Waals surface area contributed by atoms with E-state index in [1.165, 1.54) is 33.0 Å². The van der Waals surface area contributed by atoms with Gasteiger partial charge in [-0.25, -0.2) is 9.59 Å². The molecule has 0 saturated heterocycles. The van der Waals surface area contributed by atoms with E-state index in [4.69, 9.17) is 9.47 Å². The third-order valence-corrected chi connectivity index (χ3v) is 9.15. The molecule has 1 aliphatic rings. The fraction of sp³-hybridized carbons (Fsp3) is 0.400. The Kier molecular flexibility index (Phi) is 8.02. The summed E-state index contributed by atoms with van der Waals surface area (Å²) in [5, 5.41) is 2.47. The van der Waals surface area contributed by atoms with Gasteiger partial charge in [0.2, 0.25) is 0 Å². The predicted molar refractivity (Wildman–Crippen MR) is 188 cm³/mol. The summed E-state index contributed by atoms with van der Waals surface area (Å²) < 4.78 is 11.5. The van der Waals surface area contributed by atoms with E-state index < -0.39 is 11.2 Å². The third kappa shape index (κ3) is 5.81. The van der Waals surface area contributed by atoms with Gasteiger partial charge in [-0.2, -0.15) is 0 Å². The molecule has 3 N–H and O–H groups in total. The number of aromatic amines is 3. The Morgan fingerprint density at radius 2 is 1.02 bits per heavy atom. The smallest absolute Gasteiger partial charge is 0.355 e. The van der Waals surface area contributed by atoms with E-state index in [1.807, 2.05) is 55.4 Å². The molecule has 0 amide bonds. The van der Waals surface area contributed by atoms with Crippen molar-refractivity contribution < 1.29 is 19.1 Å². The van der Waals surface area contributed by atoms with Gasteiger partial charge in [0, 0.05) is 46.7 Å². The number of carbonyl (C=O) groups is 2. The van der Waals surface area contributed by atoms with Crippen LogP contribution >= 0.6 is 0 Å². The van der Waals surface area contributed by atoms with Crippen LogP contribution in [0.3, 0.4) is 0 Å². The second-order valence-corrected chi connectivity index (χ2v) is 14.8. The van der Waals surface area contributed by atoms with Crippen molar-refractivity contribution >= 4 is 22.7 Å². The predicted octanol–water partition coefficient (Wildman–Crippen LogP) is 9.31. The standard InChI is InChI=1S/C40H47N3O4/c1-11-24-21(3)35(37(44)46-39(5,6)7)42-28(24)19-30-33-26-17-13-15-23-16-14-18-27(32(23)26)34(33)31(41-30)20-29-25(12-2)22(4)36(43-29)38(45)47-40(8,9)10/h13-18,41-43H,11-12,19-20H2,1-10H3. The number of ether oxygens (including phenoxy) is 2. The molecule has 0 aliphatic heterocycles. The summed E-state index contributed by atoms with van der Waals surface area (Å²) in [5.41, 5.74) is 13.1. The number of nitrogens with one attached hydrogen (secondary N) is 3. The number of aromatic nitrogens is 3. The van der Waals surface area contributed by atoms with Crippen LogP contribution in [0.1, 0.15) is 121 Å². The summed E-state index contributed by atoms with van der Waals surface area (Å²) in [6, 6.07) is 13.0. The normalized spacial score (nSPS) is 12.6. The van der Waals surface area contributed by atoms with Crippen LogP contribution < -0.4 is 0 Å². The molecular weight excluding hydrogens is 586 g/mol. The van der Waals surface area contributed by atoms with Gasteiger partial charge >= 0.3 is 11.9 Å². The Hall–Kier alpha value is -4.52. The van der Waals surface area contributed by atoms with Crippen LogP contribution in [-0.2, 0) is 35.2 Å². The topological polar surface area (TPSA) is 100.0 Å². The number of carbonyl (C=O) groups excluding carboxylic acids is 2. The lowest BCUT2D eigenvalue weighted by atomic mass is 9.98. The van der Waals surface area contributed by atoms with Gasteiger partial charge in [-0.15, -0.1) is 0 Å². The van der Waals surface area contributed by atoms with Crippen LogP contribution in [0.4, 0.5) is 0 Å². The van der Waals surface area contributed by atoms with Gasteiger partial charge in [0.1, 0.15) is 22.6 Å². The van der Waals surface area contributed by atoms with E-state index in [9.17, 15) is 9.59 Å². The van der Waals surface area contributed by atoms with Crippen molar-refractivity contribution in [1.29, 1.82) is 0 Å². The summed E-state index contributed by atoms with van der Waals surface area (Å²) >= 11 is 0. The maximum atomic E-state index is 13.2. The monoisotopic (exact) mass is 633 g/mol. The highest BCUT2D eigenvalue weighted by Crippen LogP contribution is 2.51. The van der Waals surface area contributed by atoms with Crippen LogP contribution in [0.5, 0.6) is 0 Å². The lowest BCUT2D eigenvalue weighted by molar-refractivity contribution is 0.00501. The molecule has 6 rings (SSSR count). The second-order valence-electron chi connectivity index (χ2n) is 14.8. The number of rotatable bonds is 8. The summed E-state index contributed by atoms with van der Waals surface area (Å²) in [6.45, 7) is 19.6. The zero-order valence-electron chi connectivity index (χ0n) is 29.4. The molecule has 0 atom stereocenters. The van der Waals surface area contributed by atoms with Gasteiger partial charge in [-0.1, -0.05) is 50.2 Å². The second kappa shape index (κ2) is 11.6. The van der Waals surface area contributed by atoms with Gasteiger partial charge in [0.15, 0.2) is 0 Å². The molecule has 7 heteroatoms. The zero-order valence-corrected chi connectivity index (χ0v) is 29.4. The van der Waals surface area contributed by atoms with Gasteiger partial charge < -0.3 is 24.4 Å². The van der Waals surface area contributed by atoms with Crippen molar-refractivity contribution in [2.75, 3.05) is 0 Å². The van der Waals surface area contributed by atoms with Crippen molar-refractivity contribution in [2.45, 2.75) is 106 Å². The fourth-order valence-electron chi connectivity index (χ4n) is 7.30. The highest BCUT2D eigenvalue weighted by Gasteiger charge is 2.32. The first-order chi connectivity index (χ1) is 22.1. The number of hydrogen-bond acceptors (Lipinski definition) is 4. The highest BCUT2D eigenvalue weighted by atomic mass is 16.6. The first-order valence-corrected chi connectivity index (χ1v) is 16.7. The number of fused-ring (bicyclic) bond motifs is 3.